The maximum Gasteiger partial charge on any atom is 0.185 e. The van der Waals surface area contributed by atoms with E-state index >= 15 is 0 Å². The van der Waals surface area contributed by atoms with E-state index in [1.54, 1.807) is 19.1 Å². The molecule has 5 nitrogen and oxygen atoms in total. The van der Waals surface area contributed by atoms with Crippen LogP contribution in [0.25, 0.3) is 0 Å². The Labute approximate surface area is 156 Å². The highest BCUT2D eigenvalue weighted by Crippen LogP contribution is 2.41. The zero-order chi connectivity index (χ0) is 20.2. The smallest absolute Gasteiger partial charge is 0.185 e. The fourth-order valence-electron chi connectivity index (χ4n) is 3.28. The van der Waals surface area contributed by atoms with E-state index in [0.29, 0.717) is 6.42 Å². The largest absolute Gasteiger partial charge is 0.389 e. The third-order valence-electron chi connectivity index (χ3n) is 5.22. The average molecular weight is 364 g/mol. The molecule has 0 amide bonds. The van der Waals surface area contributed by atoms with Crippen LogP contribution in [0.5, 0.6) is 0 Å². The van der Waals surface area contributed by atoms with Crippen LogP contribution in [0.1, 0.15) is 60.8 Å². The van der Waals surface area contributed by atoms with Gasteiger partial charge < -0.3 is 10.2 Å². The third kappa shape index (κ3) is 4.38. The number of carbonyl (C=O) groups excluding carboxylic acids is 3. The van der Waals surface area contributed by atoms with E-state index in [9.17, 15) is 24.6 Å². The van der Waals surface area contributed by atoms with Gasteiger partial charge in [0, 0.05) is 5.92 Å². The van der Waals surface area contributed by atoms with Crippen molar-refractivity contribution in [3.05, 3.63) is 23.3 Å². The summed E-state index contributed by atoms with van der Waals surface area (Å²) in [5, 5.41) is 21.7. The molecule has 0 aromatic heterocycles. The number of hydrogen-bond acceptors (Lipinski definition) is 5. The van der Waals surface area contributed by atoms with E-state index in [0.717, 1.165) is 11.1 Å². The number of rotatable bonds is 8. The van der Waals surface area contributed by atoms with E-state index < -0.39 is 46.8 Å². The van der Waals surface area contributed by atoms with E-state index in [1.807, 2.05) is 34.6 Å². The molecule has 0 heterocycles. The molecular formula is C21H32O5. The van der Waals surface area contributed by atoms with Gasteiger partial charge in [-0.1, -0.05) is 37.1 Å². The van der Waals surface area contributed by atoms with Crippen LogP contribution in [0.2, 0.25) is 0 Å². The molecular weight excluding hydrogens is 332 g/mol. The lowest BCUT2D eigenvalue weighted by Crippen LogP contribution is -2.52. The molecule has 26 heavy (non-hydrogen) atoms. The third-order valence-corrected chi connectivity index (χ3v) is 5.22. The molecule has 1 rings (SSSR count). The van der Waals surface area contributed by atoms with Gasteiger partial charge in [-0.2, -0.15) is 0 Å². The first-order valence-electron chi connectivity index (χ1n) is 9.27. The fraction of sp³-hybridized carbons (Fsp3) is 0.667. The molecule has 146 valence electrons. The van der Waals surface area contributed by atoms with Gasteiger partial charge in [-0.3, -0.25) is 14.4 Å². The lowest BCUT2D eigenvalue weighted by Gasteiger charge is -2.31. The van der Waals surface area contributed by atoms with Gasteiger partial charge in [0.25, 0.3) is 0 Å². The SMILES string of the molecule is CCC(C)C(=O)C1C(=O)C(CC=C(C)C)[C@](O)([C@@H](O)CC=C(C)C)C1=O. The predicted molar refractivity (Wildman–Crippen MR) is 101 cm³/mol. The van der Waals surface area contributed by atoms with Crippen molar-refractivity contribution in [1.29, 1.82) is 0 Å². The molecule has 0 aromatic carbocycles. The van der Waals surface area contributed by atoms with E-state index in [1.165, 1.54) is 0 Å². The molecule has 5 atom stereocenters. The Balaban J connectivity index is 3.35. The van der Waals surface area contributed by atoms with Crippen molar-refractivity contribution in [1.82, 2.24) is 0 Å². The number of carbonyl (C=O) groups is 3. The van der Waals surface area contributed by atoms with Crippen LogP contribution >= 0.6 is 0 Å². The quantitative estimate of drug-likeness (QED) is 0.510. The molecule has 1 aliphatic rings. The number of allylic oxidation sites excluding steroid dienone is 3. The molecule has 1 fully saturated rings. The zero-order valence-corrected chi connectivity index (χ0v) is 16.7. The summed E-state index contributed by atoms with van der Waals surface area (Å²) in [6.07, 6.45) is 2.71. The van der Waals surface area contributed by atoms with Crippen LogP contribution in [-0.4, -0.2) is 39.3 Å². The molecule has 0 bridgehead atoms. The summed E-state index contributed by atoms with van der Waals surface area (Å²) >= 11 is 0. The highest BCUT2D eigenvalue weighted by Gasteiger charge is 2.64. The monoisotopic (exact) mass is 364 g/mol. The number of ketones is 3. The molecule has 3 unspecified atom stereocenters. The normalized spacial score (nSPS) is 27.8. The Hall–Kier alpha value is -1.59. The Morgan fingerprint density at radius 3 is 2.15 bits per heavy atom. The topological polar surface area (TPSA) is 91.7 Å². The Morgan fingerprint density at radius 1 is 1.15 bits per heavy atom. The van der Waals surface area contributed by atoms with Gasteiger partial charge in [0.2, 0.25) is 0 Å². The van der Waals surface area contributed by atoms with Crippen LogP contribution in [0, 0.1) is 17.8 Å². The second-order valence-electron chi connectivity index (χ2n) is 7.84. The van der Waals surface area contributed by atoms with Crippen molar-refractivity contribution in [3.63, 3.8) is 0 Å². The zero-order valence-electron chi connectivity index (χ0n) is 16.7. The highest BCUT2D eigenvalue weighted by atomic mass is 16.4. The Kier molecular flexibility index (Phi) is 7.66. The summed E-state index contributed by atoms with van der Waals surface area (Å²) in [5.74, 6) is -4.93. The minimum atomic E-state index is -2.23. The van der Waals surface area contributed by atoms with Crippen LogP contribution in [0.4, 0.5) is 0 Å². The first-order chi connectivity index (χ1) is 12.0. The van der Waals surface area contributed by atoms with Gasteiger partial charge in [-0.25, -0.2) is 0 Å². The van der Waals surface area contributed by atoms with Crippen LogP contribution < -0.4 is 0 Å². The molecule has 0 aliphatic heterocycles. The van der Waals surface area contributed by atoms with Crippen LogP contribution in [0.15, 0.2) is 23.3 Å². The summed E-state index contributed by atoms with van der Waals surface area (Å²) in [6, 6.07) is 0. The summed E-state index contributed by atoms with van der Waals surface area (Å²) in [6.45, 7) is 10.9. The first-order valence-corrected chi connectivity index (χ1v) is 9.27. The van der Waals surface area contributed by atoms with E-state index in [4.69, 9.17) is 0 Å². The second kappa shape index (κ2) is 8.87. The molecule has 1 aliphatic carbocycles. The van der Waals surface area contributed by atoms with E-state index in [2.05, 4.69) is 0 Å². The van der Waals surface area contributed by atoms with Gasteiger partial charge in [-0.05, 0) is 47.0 Å². The summed E-state index contributed by atoms with van der Waals surface area (Å²) in [4.78, 5) is 38.4. The van der Waals surface area contributed by atoms with Gasteiger partial charge in [0.15, 0.2) is 23.0 Å². The minimum absolute atomic E-state index is 0.0490. The van der Waals surface area contributed by atoms with Crippen molar-refractivity contribution in [2.45, 2.75) is 72.5 Å². The van der Waals surface area contributed by atoms with Crippen molar-refractivity contribution < 1.29 is 24.6 Å². The summed E-state index contributed by atoms with van der Waals surface area (Å²) in [7, 11) is 0. The molecule has 0 aromatic rings. The van der Waals surface area contributed by atoms with Gasteiger partial charge in [-0.15, -0.1) is 0 Å². The van der Waals surface area contributed by atoms with Gasteiger partial charge in [0.1, 0.15) is 5.92 Å². The number of aliphatic hydroxyl groups is 2. The average Bonchev–Trinajstić information content (AvgIpc) is 2.76. The molecule has 0 spiro atoms. The summed E-state index contributed by atoms with van der Waals surface area (Å²) in [5.41, 5.74) is -0.372. The molecule has 1 saturated carbocycles. The number of Topliss-reactive ketones (excluding diaryl/α,β-unsaturated/α-hetero) is 3. The van der Waals surface area contributed by atoms with Crippen molar-refractivity contribution in [2.24, 2.45) is 17.8 Å². The van der Waals surface area contributed by atoms with Gasteiger partial charge >= 0.3 is 0 Å². The molecule has 0 saturated heterocycles. The Bertz CT molecular complexity index is 622. The lowest BCUT2D eigenvalue weighted by molar-refractivity contribution is -0.156. The van der Waals surface area contributed by atoms with Gasteiger partial charge in [0.05, 0.1) is 12.0 Å². The highest BCUT2D eigenvalue weighted by molar-refractivity contribution is 6.28. The summed E-state index contributed by atoms with van der Waals surface area (Å²) < 4.78 is 0. The van der Waals surface area contributed by atoms with Crippen LogP contribution in [-0.2, 0) is 14.4 Å². The van der Waals surface area contributed by atoms with Crippen molar-refractivity contribution in [2.75, 3.05) is 0 Å². The van der Waals surface area contributed by atoms with Crippen molar-refractivity contribution >= 4 is 17.3 Å². The second-order valence-corrected chi connectivity index (χ2v) is 7.84. The number of hydrogen-bond donors (Lipinski definition) is 2. The number of aliphatic hydroxyl groups excluding tert-OH is 1. The van der Waals surface area contributed by atoms with Crippen LogP contribution in [0.3, 0.4) is 0 Å². The molecule has 5 heteroatoms. The maximum absolute atomic E-state index is 12.9. The first kappa shape index (κ1) is 22.5. The molecule has 2 N–H and O–H groups in total. The fourth-order valence-corrected chi connectivity index (χ4v) is 3.28. The maximum atomic E-state index is 12.9. The van der Waals surface area contributed by atoms with Crippen molar-refractivity contribution in [3.8, 4) is 0 Å². The molecule has 0 radical (unpaired) electrons. The standard InChI is InChI=1S/C21H32O5/c1-7-14(6)18(23)17-19(24)15(10-8-12(2)3)21(26,20(17)25)16(22)11-9-13(4)5/h8-9,14-17,22,26H,7,10-11H2,1-6H3/t14?,15?,16-,17?,21-/m0/s1. The Morgan fingerprint density at radius 2 is 1.69 bits per heavy atom. The van der Waals surface area contributed by atoms with E-state index in [-0.39, 0.29) is 12.8 Å². The minimum Gasteiger partial charge on any atom is -0.389 e. The lowest BCUT2D eigenvalue weighted by atomic mass is 9.80. The predicted octanol–water partition coefficient (Wildman–Crippen LogP) is 2.79.